The van der Waals surface area contributed by atoms with E-state index in [1.54, 1.807) is 0 Å². The van der Waals surface area contributed by atoms with E-state index < -0.39 is 0 Å². The van der Waals surface area contributed by atoms with Gasteiger partial charge < -0.3 is 10.1 Å². The lowest BCUT2D eigenvalue weighted by atomic mass is 9.68. The zero-order chi connectivity index (χ0) is 9.31. The molecule has 0 amide bonds. The molecular formula is C11H21NO. The molecule has 1 spiro atoms. The van der Waals surface area contributed by atoms with E-state index in [9.17, 15) is 0 Å². The summed E-state index contributed by atoms with van der Waals surface area (Å²) in [6, 6.07) is 0. The normalized spacial score (nSPS) is 46.6. The van der Waals surface area contributed by atoms with Gasteiger partial charge in [0, 0.05) is 12.1 Å². The van der Waals surface area contributed by atoms with Crippen molar-refractivity contribution in [1.82, 2.24) is 5.32 Å². The second kappa shape index (κ2) is 3.58. The Morgan fingerprint density at radius 1 is 1.38 bits per heavy atom. The fraction of sp³-hybridized carbons (Fsp3) is 1.00. The van der Waals surface area contributed by atoms with Crippen molar-refractivity contribution in [2.75, 3.05) is 19.8 Å². The first kappa shape index (κ1) is 9.47. The minimum atomic E-state index is 0.315. The first-order chi connectivity index (χ1) is 6.25. The van der Waals surface area contributed by atoms with Crippen LogP contribution in [0.1, 0.15) is 33.1 Å². The number of nitrogens with one attached hydrogen (secondary N) is 1. The molecule has 0 aromatic carbocycles. The average molecular weight is 183 g/mol. The zero-order valence-corrected chi connectivity index (χ0v) is 8.81. The maximum absolute atomic E-state index is 5.62. The summed E-state index contributed by atoms with van der Waals surface area (Å²) in [5, 5.41) is 3.69. The van der Waals surface area contributed by atoms with E-state index in [1.807, 2.05) is 0 Å². The smallest absolute Gasteiger partial charge is 0.0651 e. The highest BCUT2D eigenvalue weighted by atomic mass is 16.5. The van der Waals surface area contributed by atoms with Gasteiger partial charge in [0.05, 0.1) is 13.2 Å². The molecular weight excluding hydrogens is 162 g/mol. The topological polar surface area (TPSA) is 21.3 Å². The van der Waals surface area contributed by atoms with Crippen LogP contribution in [-0.4, -0.2) is 25.3 Å². The van der Waals surface area contributed by atoms with Gasteiger partial charge >= 0.3 is 0 Å². The van der Waals surface area contributed by atoms with Crippen LogP contribution in [0.3, 0.4) is 0 Å². The predicted molar refractivity (Wildman–Crippen MR) is 53.7 cm³/mol. The van der Waals surface area contributed by atoms with Gasteiger partial charge in [-0.2, -0.15) is 0 Å². The molecule has 2 fully saturated rings. The highest BCUT2D eigenvalue weighted by molar-refractivity contribution is 4.99. The van der Waals surface area contributed by atoms with E-state index in [4.69, 9.17) is 4.74 Å². The molecule has 2 rings (SSSR count). The third-order valence-corrected chi connectivity index (χ3v) is 4.09. The molecule has 0 aromatic heterocycles. The summed E-state index contributed by atoms with van der Waals surface area (Å²) in [4.78, 5) is 0. The summed E-state index contributed by atoms with van der Waals surface area (Å²) in [7, 11) is 0. The number of rotatable bonds is 0. The highest BCUT2D eigenvalue weighted by Crippen LogP contribution is 2.38. The Kier molecular flexibility index (Phi) is 2.61. The molecule has 1 N–H and O–H groups in total. The average Bonchev–Trinajstić information content (AvgIpc) is 2.16. The molecule has 2 nitrogen and oxygen atoms in total. The van der Waals surface area contributed by atoms with Crippen LogP contribution in [0.25, 0.3) is 0 Å². The van der Waals surface area contributed by atoms with Gasteiger partial charge in [-0.05, 0) is 18.3 Å². The van der Waals surface area contributed by atoms with Gasteiger partial charge in [0.1, 0.15) is 0 Å². The number of ether oxygens (including phenoxy) is 1. The quantitative estimate of drug-likeness (QED) is 0.618. The minimum absolute atomic E-state index is 0.315. The van der Waals surface area contributed by atoms with E-state index in [0.29, 0.717) is 5.54 Å². The zero-order valence-electron chi connectivity index (χ0n) is 8.81. The molecule has 1 saturated heterocycles. The Labute approximate surface area is 81.0 Å². The van der Waals surface area contributed by atoms with Crippen molar-refractivity contribution in [3.8, 4) is 0 Å². The van der Waals surface area contributed by atoms with Crippen molar-refractivity contribution in [2.24, 2.45) is 11.8 Å². The van der Waals surface area contributed by atoms with Crippen LogP contribution in [0.2, 0.25) is 0 Å². The fourth-order valence-corrected chi connectivity index (χ4v) is 2.89. The van der Waals surface area contributed by atoms with Gasteiger partial charge in [0.25, 0.3) is 0 Å². The van der Waals surface area contributed by atoms with E-state index >= 15 is 0 Å². The predicted octanol–water partition coefficient (Wildman–Crippen LogP) is 1.80. The maximum Gasteiger partial charge on any atom is 0.0651 e. The van der Waals surface area contributed by atoms with E-state index in [-0.39, 0.29) is 0 Å². The highest BCUT2D eigenvalue weighted by Gasteiger charge is 2.42. The first-order valence-electron chi connectivity index (χ1n) is 5.57. The number of hydrogen-bond acceptors (Lipinski definition) is 2. The third kappa shape index (κ3) is 1.62. The van der Waals surface area contributed by atoms with Gasteiger partial charge in [-0.1, -0.05) is 26.7 Å². The Hall–Kier alpha value is -0.0800. The van der Waals surface area contributed by atoms with Crippen molar-refractivity contribution in [3.63, 3.8) is 0 Å². The van der Waals surface area contributed by atoms with Crippen LogP contribution in [0.15, 0.2) is 0 Å². The Bertz CT molecular complexity index is 169. The van der Waals surface area contributed by atoms with Crippen LogP contribution in [0, 0.1) is 11.8 Å². The van der Waals surface area contributed by atoms with E-state index in [0.717, 1.165) is 31.6 Å². The lowest BCUT2D eigenvalue weighted by Crippen LogP contribution is -2.61. The van der Waals surface area contributed by atoms with Gasteiger partial charge in [-0.15, -0.1) is 0 Å². The van der Waals surface area contributed by atoms with Crippen LogP contribution < -0.4 is 5.32 Å². The largest absolute Gasteiger partial charge is 0.378 e. The summed E-state index contributed by atoms with van der Waals surface area (Å²) < 4.78 is 5.62. The van der Waals surface area contributed by atoms with Gasteiger partial charge in [0.15, 0.2) is 0 Å². The summed E-state index contributed by atoms with van der Waals surface area (Å²) in [6.45, 7) is 7.62. The summed E-state index contributed by atoms with van der Waals surface area (Å²) in [6.07, 6.45) is 4.06. The molecule has 0 aromatic rings. The molecule has 13 heavy (non-hydrogen) atoms. The molecule has 76 valence electrons. The molecule has 1 aliphatic heterocycles. The Morgan fingerprint density at radius 2 is 2.23 bits per heavy atom. The van der Waals surface area contributed by atoms with Crippen molar-refractivity contribution in [1.29, 1.82) is 0 Å². The molecule has 2 heteroatoms. The third-order valence-electron chi connectivity index (χ3n) is 4.09. The Morgan fingerprint density at radius 3 is 2.92 bits per heavy atom. The van der Waals surface area contributed by atoms with Crippen LogP contribution in [0.4, 0.5) is 0 Å². The fourth-order valence-electron chi connectivity index (χ4n) is 2.89. The second-order valence-electron chi connectivity index (χ2n) is 4.79. The van der Waals surface area contributed by atoms with Crippen molar-refractivity contribution in [2.45, 2.75) is 38.6 Å². The summed E-state index contributed by atoms with van der Waals surface area (Å²) in [5.41, 5.74) is 0.315. The van der Waals surface area contributed by atoms with E-state index in [2.05, 4.69) is 19.2 Å². The molecule has 1 saturated carbocycles. The minimum Gasteiger partial charge on any atom is -0.378 e. The molecule has 2 aliphatic rings. The number of morpholine rings is 1. The summed E-state index contributed by atoms with van der Waals surface area (Å²) >= 11 is 0. The van der Waals surface area contributed by atoms with Crippen molar-refractivity contribution >= 4 is 0 Å². The van der Waals surface area contributed by atoms with Gasteiger partial charge in [-0.25, -0.2) is 0 Å². The van der Waals surface area contributed by atoms with Crippen LogP contribution in [-0.2, 0) is 4.74 Å². The maximum atomic E-state index is 5.62. The number of hydrogen-bond donors (Lipinski definition) is 1. The lowest BCUT2D eigenvalue weighted by molar-refractivity contribution is -0.0311. The molecule has 3 unspecified atom stereocenters. The van der Waals surface area contributed by atoms with E-state index in [1.165, 1.54) is 19.3 Å². The van der Waals surface area contributed by atoms with Crippen molar-refractivity contribution in [3.05, 3.63) is 0 Å². The molecule has 3 atom stereocenters. The molecule has 0 bridgehead atoms. The molecule has 1 aliphatic carbocycles. The van der Waals surface area contributed by atoms with Crippen molar-refractivity contribution < 1.29 is 4.74 Å². The van der Waals surface area contributed by atoms with Crippen LogP contribution in [0.5, 0.6) is 0 Å². The Balaban J connectivity index is 2.09. The van der Waals surface area contributed by atoms with Crippen LogP contribution >= 0.6 is 0 Å². The molecule has 0 radical (unpaired) electrons. The first-order valence-corrected chi connectivity index (χ1v) is 5.57. The molecule has 1 heterocycles. The second-order valence-corrected chi connectivity index (χ2v) is 4.79. The van der Waals surface area contributed by atoms with Gasteiger partial charge in [0.2, 0.25) is 0 Å². The standard InChI is InChI=1S/C11H21NO/c1-9-4-3-5-11(10(9)2)8-13-7-6-12-11/h9-10,12H,3-8H2,1-2H3. The van der Waals surface area contributed by atoms with Gasteiger partial charge in [-0.3, -0.25) is 0 Å². The lowest BCUT2D eigenvalue weighted by Gasteiger charge is -2.48. The summed E-state index contributed by atoms with van der Waals surface area (Å²) in [5.74, 6) is 1.62. The monoisotopic (exact) mass is 183 g/mol. The SMILES string of the molecule is CC1CCCC2(COCCN2)C1C.